The van der Waals surface area contributed by atoms with Crippen molar-refractivity contribution in [2.45, 2.75) is 25.3 Å². The Kier molecular flexibility index (Phi) is 5.24. The first-order valence-corrected chi connectivity index (χ1v) is 11.5. The van der Waals surface area contributed by atoms with E-state index in [9.17, 15) is 4.79 Å². The van der Waals surface area contributed by atoms with Gasteiger partial charge in [0.25, 0.3) is 0 Å². The van der Waals surface area contributed by atoms with E-state index in [1.165, 1.54) is 37.9 Å². The number of likely N-dealkylation sites (N-methyl/N-ethyl adjacent to an activating group) is 1. The third-order valence-corrected chi connectivity index (χ3v) is 7.22. The first-order chi connectivity index (χ1) is 15.1. The molecule has 0 saturated carbocycles. The van der Waals surface area contributed by atoms with E-state index in [1.54, 1.807) is 16.2 Å². The van der Waals surface area contributed by atoms with Gasteiger partial charge in [-0.3, -0.25) is 0 Å². The number of carbonyl (C=O) groups is 1. The highest BCUT2D eigenvalue weighted by molar-refractivity contribution is 7.17. The number of rotatable bonds is 5. The molecule has 1 heterocycles. The smallest absolute Gasteiger partial charge is 0.409 e. The van der Waals surface area contributed by atoms with Gasteiger partial charge in [-0.25, -0.2) is 4.79 Å². The van der Waals surface area contributed by atoms with Crippen LogP contribution in [0.1, 0.15) is 29.5 Å². The summed E-state index contributed by atoms with van der Waals surface area (Å²) in [6, 6.07) is 25.5. The molecule has 3 nitrogen and oxygen atoms in total. The van der Waals surface area contributed by atoms with Gasteiger partial charge < -0.3 is 9.64 Å². The predicted octanol–water partition coefficient (Wildman–Crippen LogP) is 6.71. The Bertz CT molecular complexity index is 1200. The quantitative estimate of drug-likeness (QED) is 0.354. The second-order valence-electron chi connectivity index (χ2n) is 8.26. The Hall–Kier alpha value is -3.11. The van der Waals surface area contributed by atoms with Crippen molar-refractivity contribution in [3.63, 3.8) is 0 Å². The molecule has 3 aromatic carbocycles. The van der Waals surface area contributed by atoms with Crippen molar-refractivity contribution in [2.75, 3.05) is 13.7 Å². The largest absolute Gasteiger partial charge is 0.448 e. The lowest BCUT2D eigenvalue weighted by molar-refractivity contribution is 0.0970. The van der Waals surface area contributed by atoms with E-state index in [1.807, 2.05) is 7.05 Å². The molecular formula is C27H25NO2S. The van der Waals surface area contributed by atoms with Gasteiger partial charge in [0, 0.05) is 23.7 Å². The number of hydrogen-bond acceptors (Lipinski definition) is 3. The van der Waals surface area contributed by atoms with Crippen molar-refractivity contribution in [1.29, 1.82) is 0 Å². The molecular weight excluding hydrogens is 402 g/mol. The highest BCUT2D eigenvalue weighted by Crippen LogP contribution is 2.44. The van der Waals surface area contributed by atoms with Gasteiger partial charge >= 0.3 is 6.09 Å². The van der Waals surface area contributed by atoms with Gasteiger partial charge in [0.15, 0.2) is 0 Å². The fraction of sp³-hybridized carbons (Fsp3) is 0.222. The Morgan fingerprint density at radius 1 is 1.00 bits per heavy atom. The van der Waals surface area contributed by atoms with Gasteiger partial charge in [-0.2, -0.15) is 0 Å². The number of nitrogens with zero attached hydrogens (tertiary/aromatic N) is 1. The van der Waals surface area contributed by atoms with Gasteiger partial charge in [0.1, 0.15) is 6.61 Å². The second kappa shape index (κ2) is 8.20. The van der Waals surface area contributed by atoms with Gasteiger partial charge in [0.05, 0.1) is 0 Å². The number of amides is 1. The lowest BCUT2D eigenvalue weighted by Crippen LogP contribution is -2.37. The Labute approximate surface area is 186 Å². The summed E-state index contributed by atoms with van der Waals surface area (Å²) >= 11 is 1.75. The Morgan fingerprint density at radius 2 is 1.68 bits per heavy atom. The lowest BCUT2D eigenvalue weighted by atomic mass is 9.98. The fourth-order valence-electron chi connectivity index (χ4n) is 4.48. The van der Waals surface area contributed by atoms with E-state index in [4.69, 9.17) is 4.74 Å². The minimum atomic E-state index is -0.272. The summed E-state index contributed by atoms with van der Waals surface area (Å²) in [5, 5.41) is 3.38. The van der Waals surface area contributed by atoms with Crippen molar-refractivity contribution in [3.8, 4) is 11.1 Å². The van der Waals surface area contributed by atoms with Crippen molar-refractivity contribution < 1.29 is 9.53 Å². The standard InChI is InChI=1S/C27H25NO2S/c1-18(15-19-11-12-20-13-14-31-26(20)16-19)28(2)27(29)30-17-25-23-9-5-3-7-21(23)22-8-4-6-10-24(22)25/h3-14,16,18,25H,15,17H2,1-2H3. The minimum absolute atomic E-state index is 0.0491. The summed E-state index contributed by atoms with van der Waals surface area (Å²) in [6.45, 7) is 2.42. The molecule has 1 aliphatic rings. The molecule has 0 bridgehead atoms. The van der Waals surface area contributed by atoms with Gasteiger partial charge in [0.2, 0.25) is 0 Å². The minimum Gasteiger partial charge on any atom is -0.448 e. The van der Waals surface area contributed by atoms with E-state index in [0.717, 1.165) is 6.42 Å². The van der Waals surface area contributed by atoms with Crippen molar-refractivity contribution in [3.05, 3.63) is 94.9 Å². The molecule has 1 aliphatic carbocycles. The predicted molar refractivity (Wildman–Crippen MR) is 128 cm³/mol. The molecule has 31 heavy (non-hydrogen) atoms. The van der Waals surface area contributed by atoms with E-state index < -0.39 is 0 Å². The number of ether oxygens (including phenoxy) is 1. The van der Waals surface area contributed by atoms with Crippen molar-refractivity contribution in [1.82, 2.24) is 4.90 Å². The molecule has 0 spiro atoms. The van der Waals surface area contributed by atoms with E-state index in [0.29, 0.717) is 6.61 Å². The van der Waals surface area contributed by atoms with Crippen LogP contribution < -0.4 is 0 Å². The molecule has 5 rings (SSSR count). The third kappa shape index (κ3) is 3.72. The molecule has 1 amide bonds. The summed E-state index contributed by atoms with van der Waals surface area (Å²) in [7, 11) is 1.83. The molecule has 156 valence electrons. The van der Waals surface area contributed by atoms with Crippen LogP contribution in [0.4, 0.5) is 4.79 Å². The topological polar surface area (TPSA) is 29.5 Å². The molecule has 1 aromatic heterocycles. The highest BCUT2D eigenvalue weighted by Gasteiger charge is 2.29. The summed E-state index contributed by atoms with van der Waals surface area (Å²) < 4.78 is 7.09. The Balaban J connectivity index is 1.26. The van der Waals surface area contributed by atoms with Gasteiger partial charge in [-0.15, -0.1) is 11.3 Å². The van der Waals surface area contributed by atoms with E-state index in [2.05, 4.69) is 85.1 Å². The molecule has 0 N–H and O–H groups in total. The monoisotopic (exact) mass is 427 g/mol. The summed E-state index contributed by atoms with van der Waals surface area (Å²) in [5.74, 6) is 0.0845. The Morgan fingerprint density at radius 3 is 2.39 bits per heavy atom. The second-order valence-corrected chi connectivity index (χ2v) is 9.21. The molecule has 0 fully saturated rings. The average Bonchev–Trinajstić information content (AvgIpc) is 3.39. The van der Waals surface area contributed by atoms with Crippen LogP contribution in [0.15, 0.2) is 78.2 Å². The van der Waals surface area contributed by atoms with Crippen LogP contribution in [0.25, 0.3) is 21.2 Å². The molecule has 4 heteroatoms. The number of fused-ring (bicyclic) bond motifs is 4. The van der Waals surface area contributed by atoms with Gasteiger partial charge in [-0.1, -0.05) is 60.7 Å². The summed E-state index contributed by atoms with van der Waals surface area (Å²) in [5.41, 5.74) is 6.18. The van der Waals surface area contributed by atoms with Crippen molar-refractivity contribution >= 4 is 27.5 Å². The molecule has 4 aromatic rings. The highest BCUT2D eigenvalue weighted by atomic mass is 32.1. The summed E-state index contributed by atoms with van der Waals surface area (Å²) in [6.07, 6.45) is 0.528. The number of carbonyl (C=O) groups excluding carboxylic acids is 1. The maximum atomic E-state index is 12.8. The molecule has 0 saturated heterocycles. The fourth-order valence-corrected chi connectivity index (χ4v) is 5.33. The first-order valence-electron chi connectivity index (χ1n) is 10.7. The van der Waals surface area contributed by atoms with Crippen LogP contribution in [0.2, 0.25) is 0 Å². The number of benzene rings is 3. The lowest BCUT2D eigenvalue weighted by Gasteiger charge is -2.25. The van der Waals surface area contributed by atoms with Crippen LogP contribution in [0.5, 0.6) is 0 Å². The van der Waals surface area contributed by atoms with Crippen LogP contribution in [0.3, 0.4) is 0 Å². The third-order valence-electron chi connectivity index (χ3n) is 6.34. The van der Waals surface area contributed by atoms with Gasteiger partial charge in [-0.05, 0) is 64.1 Å². The van der Waals surface area contributed by atoms with Crippen LogP contribution in [-0.2, 0) is 11.2 Å². The summed E-state index contributed by atoms with van der Waals surface area (Å²) in [4.78, 5) is 14.5. The first kappa shape index (κ1) is 19.8. The van der Waals surface area contributed by atoms with Crippen LogP contribution in [0, 0.1) is 0 Å². The van der Waals surface area contributed by atoms with E-state index in [-0.39, 0.29) is 18.1 Å². The zero-order valence-electron chi connectivity index (χ0n) is 17.7. The molecule has 0 aliphatic heterocycles. The number of hydrogen-bond donors (Lipinski definition) is 0. The molecule has 0 radical (unpaired) electrons. The van der Waals surface area contributed by atoms with Crippen LogP contribution in [-0.4, -0.2) is 30.7 Å². The zero-order valence-corrected chi connectivity index (χ0v) is 18.6. The molecule has 1 atom stereocenters. The molecule has 1 unspecified atom stereocenters. The average molecular weight is 428 g/mol. The zero-order chi connectivity index (χ0) is 21.4. The maximum absolute atomic E-state index is 12.8. The maximum Gasteiger partial charge on any atom is 0.409 e. The normalized spacial score (nSPS) is 13.6. The van der Waals surface area contributed by atoms with Crippen molar-refractivity contribution in [2.24, 2.45) is 0 Å². The van der Waals surface area contributed by atoms with Crippen LogP contribution >= 0.6 is 11.3 Å². The number of thiophene rings is 1. The van der Waals surface area contributed by atoms with E-state index >= 15 is 0 Å². The SMILES string of the molecule is CC(Cc1ccc2ccsc2c1)N(C)C(=O)OCC1c2ccccc2-c2ccccc21.